The molecule has 0 aromatic heterocycles. The van der Waals surface area contributed by atoms with Crippen molar-refractivity contribution in [2.45, 2.75) is 97.3 Å². The Morgan fingerprint density at radius 1 is 0.569 bits per heavy atom. The maximum absolute atomic E-state index is 3.06. The number of hydrogen-bond acceptors (Lipinski definition) is 0. The van der Waals surface area contributed by atoms with Gasteiger partial charge in [0, 0.05) is 0 Å². The topological polar surface area (TPSA) is 0 Å². The first-order chi connectivity index (χ1) is 22.5. The zero-order chi connectivity index (χ0) is 33.8. The van der Waals surface area contributed by atoms with Gasteiger partial charge >= 0.3 is 30.2 Å². The molecule has 7 rings (SSSR count). The van der Waals surface area contributed by atoms with Crippen LogP contribution in [-0.4, -0.2) is 6.88 Å². The molecule has 1 aliphatic carbocycles. The minimum absolute atomic E-state index is 0. The summed E-state index contributed by atoms with van der Waals surface area (Å²) < 4.78 is 0. The molecule has 4 heteroatoms. The SMILES string of the molecule is CC(C)(C)c1ccc(-c2cccc3[cH-]c(C4CCCCC4)cc23)cc1.Cc1cc2c(-c3ccc(C(C)(C)C)cc3)cccc2[cH-]1.Cl.Cl.[CH3-].[CH3-].[Si]=[Zr]. The van der Waals surface area contributed by atoms with Crippen molar-refractivity contribution in [3.63, 3.8) is 0 Å². The number of fused-ring (bicyclic) bond motifs is 2. The molecular weight excluding hydrogens is 755 g/mol. The van der Waals surface area contributed by atoms with Crippen molar-refractivity contribution in [1.82, 2.24) is 0 Å². The molecule has 0 nitrogen and oxygen atoms in total. The Balaban J connectivity index is 0.000000461. The second-order valence-electron chi connectivity index (χ2n) is 15.4. The molecular formula is C47H58Cl2SiZr-4. The third-order valence-corrected chi connectivity index (χ3v) is 9.87. The van der Waals surface area contributed by atoms with Gasteiger partial charge in [0.05, 0.1) is 0 Å². The molecule has 6 aromatic rings. The van der Waals surface area contributed by atoms with Crippen molar-refractivity contribution in [2.75, 3.05) is 0 Å². The number of rotatable bonds is 3. The number of aryl methyl sites for hydroxylation is 1. The zero-order valence-corrected chi connectivity index (χ0v) is 37.4. The molecule has 0 unspecified atom stereocenters. The van der Waals surface area contributed by atoms with Crippen LogP contribution >= 0.6 is 24.8 Å². The molecule has 2 radical (unpaired) electrons. The van der Waals surface area contributed by atoms with E-state index < -0.39 is 0 Å². The quantitative estimate of drug-likeness (QED) is 0.123. The summed E-state index contributed by atoms with van der Waals surface area (Å²) in [6.45, 7) is 18.8. The van der Waals surface area contributed by atoms with E-state index in [1.54, 1.807) is 5.56 Å². The third-order valence-electron chi connectivity index (χ3n) is 9.87. The van der Waals surface area contributed by atoms with Crippen molar-refractivity contribution in [3.05, 3.63) is 146 Å². The fraction of sp³-hybridized carbons (Fsp3) is 0.319. The first-order valence-corrected chi connectivity index (χ1v) is 21.5. The van der Waals surface area contributed by atoms with E-state index in [-0.39, 0.29) is 50.5 Å². The second kappa shape index (κ2) is 20.3. The van der Waals surface area contributed by atoms with Crippen molar-refractivity contribution < 1.29 is 23.3 Å². The van der Waals surface area contributed by atoms with Gasteiger partial charge in [-0.2, -0.15) is 12.1 Å². The molecule has 0 spiro atoms. The van der Waals surface area contributed by atoms with E-state index in [1.807, 2.05) is 0 Å². The Morgan fingerprint density at radius 2 is 0.980 bits per heavy atom. The minimum atomic E-state index is 0. The van der Waals surface area contributed by atoms with Crippen LogP contribution in [0.15, 0.2) is 109 Å². The summed E-state index contributed by atoms with van der Waals surface area (Å²) in [6.07, 6.45) is 6.95. The van der Waals surface area contributed by atoms with E-state index in [2.05, 4.69) is 165 Å². The van der Waals surface area contributed by atoms with Gasteiger partial charge in [-0.1, -0.05) is 140 Å². The average Bonchev–Trinajstić information content (AvgIpc) is 3.69. The maximum atomic E-state index is 3.06. The van der Waals surface area contributed by atoms with E-state index in [0.717, 1.165) is 5.92 Å². The predicted molar refractivity (Wildman–Crippen MR) is 231 cm³/mol. The van der Waals surface area contributed by atoms with Crippen LogP contribution in [0.2, 0.25) is 0 Å². The normalized spacial score (nSPS) is 12.8. The van der Waals surface area contributed by atoms with Crippen LogP contribution in [0.4, 0.5) is 0 Å². The first kappa shape index (κ1) is 46.8. The number of halogens is 2. The summed E-state index contributed by atoms with van der Waals surface area (Å²) in [4.78, 5) is 0. The van der Waals surface area contributed by atoms with E-state index in [4.69, 9.17) is 0 Å². The molecule has 6 aromatic carbocycles. The molecule has 1 fully saturated rings. The fourth-order valence-corrected chi connectivity index (χ4v) is 7.12. The van der Waals surface area contributed by atoms with Gasteiger partial charge in [-0.15, -0.1) is 93.9 Å². The monoisotopic (exact) mass is 810 g/mol. The van der Waals surface area contributed by atoms with Crippen LogP contribution in [0.1, 0.15) is 102 Å². The molecule has 0 aliphatic heterocycles. The molecule has 51 heavy (non-hydrogen) atoms. The molecule has 272 valence electrons. The molecule has 0 heterocycles. The van der Waals surface area contributed by atoms with Gasteiger partial charge in [-0.3, -0.25) is 0 Å². The third kappa shape index (κ3) is 11.4. The summed E-state index contributed by atoms with van der Waals surface area (Å²) in [5.41, 5.74) is 11.4. The van der Waals surface area contributed by atoms with E-state index in [9.17, 15) is 0 Å². The first-order valence-electron chi connectivity index (χ1n) is 17.3. The van der Waals surface area contributed by atoms with Crippen molar-refractivity contribution in [3.8, 4) is 22.3 Å². The molecule has 0 N–H and O–H groups in total. The Morgan fingerprint density at radius 3 is 1.41 bits per heavy atom. The Labute approximate surface area is 340 Å². The van der Waals surface area contributed by atoms with Gasteiger partial charge in [0.1, 0.15) is 0 Å². The standard InChI is InChI=1S/C25H29.C20H21.2CH3.2ClH.Si.Zr/c1-25(2,3)22-14-12-19(13-15-22)23-11-7-10-20-16-21(17-24(20)23)18-8-5-4-6-9-18;1-14-12-16-6-5-7-18(19(16)13-14)15-8-10-17(11-9-15)20(2,3)4;;;;;;/h7,10-18H,4-6,8-9H2,1-3H3;5-13H,1-4H3;2*1H3;2*1H;;/q4*-1;;;;. The van der Waals surface area contributed by atoms with Crippen LogP contribution in [0, 0.1) is 21.8 Å². The Bertz CT molecular complexity index is 1910. The fourth-order valence-electron chi connectivity index (χ4n) is 7.12. The molecule has 0 atom stereocenters. The Kier molecular flexibility index (Phi) is 18.6. The van der Waals surface area contributed by atoms with Crippen molar-refractivity contribution >= 4 is 53.2 Å². The molecule has 1 saturated carbocycles. The van der Waals surface area contributed by atoms with Gasteiger partial charge in [0.15, 0.2) is 0 Å². The van der Waals surface area contributed by atoms with Crippen LogP contribution < -0.4 is 0 Å². The van der Waals surface area contributed by atoms with Gasteiger partial charge in [-0.25, -0.2) is 0 Å². The van der Waals surface area contributed by atoms with Gasteiger partial charge in [0.25, 0.3) is 0 Å². The van der Waals surface area contributed by atoms with Crippen LogP contribution in [0.5, 0.6) is 0 Å². The summed E-state index contributed by atoms with van der Waals surface area (Å²) in [7, 11) is 0. The zero-order valence-electron chi connectivity index (χ0n) is 32.3. The van der Waals surface area contributed by atoms with Gasteiger partial charge in [-0.05, 0) is 51.8 Å². The summed E-state index contributed by atoms with van der Waals surface area (Å²) >= 11 is 1.36. The number of benzene rings is 4. The van der Waals surface area contributed by atoms with Gasteiger partial charge < -0.3 is 14.9 Å². The summed E-state index contributed by atoms with van der Waals surface area (Å²) in [6, 6.07) is 40.9. The molecule has 0 bridgehead atoms. The van der Waals surface area contributed by atoms with E-state index >= 15 is 0 Å². The molecule has 0 saturated heterocycles. The second-order valence-corrected chi connectivity index (χ2v) is 15.4. The number of hydrogen-bond donors (Lipinski definition) is 0. The summed E-state index contributed by atoms with van der Waals surface area (Å²) in [5, 5.41) is 5.51. The molecule has 0 amide bonds. The van der Waals surface area contributed by atoms with E-state index in [0.29, 0.717) is 0 Å². The summed E-state index contributed by atoms with van der Waals surface area (Å²) in [5.74, 6) is 0.775. The van der Waals surface area contributed by atoms with Crippen molar-refractivity contribution in [2.24, 2.45) is 0 Å². The average molecular weight is 813 g/mol. The Hall–Kier alpha value is -2.22. The van der Waals surface area contributed by atoms with Crippen molar-refractivity contribution in [1.29, 1.82) is 0 Å². The van der Waals surface area contributed by atoms with E-state index in [1.165, 1.54) is 116 Å². The predicted octanol–water partition coefficient (Wildman–Crippen LogP) is 14.8. The van der Waals surface area contributed by atoms with Gasteiger partial charge in [0.2, 0.25) is 0 Å². The van der Waals surface area contributed by atoms with Crippen LogP contribution in [0.25, 0.3) is 43.8 Å². The van der Waals surface area contributed by atoms with Crippen LogP contribution in [-0.2, 0) is 34.2 Å². The van der Waals surface area contributed by atoms with Crippen LogP contribution in [0.3, 0.4) is 0 Å². The molecule has 1 aliphatic rings.